The summed E-state index contributed by atoms with van der Waals surface area (Å²) >= 11 is 0. The summed E-state index contributed by atoms with van der Waals surface area (Å²) in [7, 11) is 1.74. The second kappa shape index (κ2) is 12.3. The van der Waals surface area contributed by atoms with Crippen LogP contribution in [0.5, 0.6) is 11.5 Å². The van der Waals surface area contributed by atoms with Gasteiger partial charge in [0.2, 0.25) is 0 Å². The quantitative estimate of drug-likeness (QED) is 0.184. The van der Waals surface area contributed by atoms with Crippen LogP contribution in [0, 0.1) is 5.41 Å². The third-order valence-electron chi connectivity index (χ3n) is 5.93. The Morgan fingerprint density at radius 3 is 2.44 bits per heavy atom. The summed E-state index contributed by atoms with van der Waals surface area (Å²) in [4.78, 5) is 4.96. The number of piperazine rings is 1. The van der Waals surface area contributed by atoms with Gasteiger partial charge in [-0.2, -0.15) is 0 Å². The van der Waals surface area contributed by atoms with E-state index in [0.29, 0.717) is 12.4 Å². The molecule has 7 nitrogen and oxygen atoms in total. The number of nitrogens with zero attached hydrogens (tertiary/aromatic N) is 3. The van der Waals surface area contributed by atoms with Crippen LogP contribution in [0.1, 0.15) is 25.3 Å². The molecule has 3 N–H and O–H groups in total. The van der Waals surface area contributed by atoms with Gasteiger partial charge in [0.1, 0.15) is 17.3 Å². The highest BCUT2D eigenvalue weighted by Gasteiger charge is 2.19. The fourth-order valence-electron chi connectivity index (χ4n) is 3.90. The summed E-state index contributed by atoms with van der Waals surface area (Å²) in [5, 5.41) is 8.97. The third kappa shape index (κ3) is 7.14. The van der Waals surface area contributed by atoms with Crippen LogP contribution in [0.3, 0.4) is 0 Å². The predicted molar refractivity (Wildman–Crippen MR) is 131 cm³/mol. The Kier molecular flexibility index (Phi) is 9.19. The highest BCUT2D eigenvalue weighted by atomic mass is 16.5. The molecule has 1 aliphatic heterocycles. The summed E-state index contributed by atoms with van der Waals surface area (Å²) in [6.07, 6.45) is 3.01. The van der Waals surface area contributed by atoms with Crippen molar-refractivity contribution in [3.63, 3.8) is 0 Å². The number of ether oxygens (including phenoxy) is 2. The molecule has 174 valence electrons. The van der Waals surface area contributed by atoms with E-state index in [2.05, 4.69) is 34.1 Å². The van der Waals surface area contributed by atoms with E-state index in [1.165, 1.54) is 16.3 Å². The largest absolute Gasteiger partial charge is 0.495 e. The SMILES string of the molecule is COc1ccccc1N1CCN(CCCCOc2ccc(CCN(N)C(C)=N)cc2)CC1. The molecule has 2 aromatic carbocycles. The van der Waals surface area contributed by atoms with Crippen LogP contribution in [0.2, 0.25) is 0 Å². The summed E-state index contributed by atoms with van der Waals surface area (Å²) in [6.45, 7) is 8.42. The number of hydrazine groups is 1. The number of para-hydroxylation sites is 2. The van der Waals surface area contributed by atoms with Gasteiger partial charge in [-0.05, 0) is 62.6 Å². The minimum absolute atomic E-state index is 0.378. The van der Waals surface area contributed by atoms with Crippen LogP contribution in [0.25, 0.3) is 0 Å². The van der Waals surface area contributed by atoms with Gasteiger partial charge in [0, 0.05) is 32.7 Å². The molecule has 0 spiro atoms. The molecular weight excluding hydrogens is 402 g/mol. The van der Waals surface area contributed by atoms with Crippen LogP contribution in [0.15, 0.2) is 48.5 Å². The van der Waals surface area contributed by atoms with Crippen LogP contribution in [-0.2, 0) is 6.42 Å². The van der Waals surface area contributed by atoms with Crippen molar-refractivity contribution in [2.45, 2.75) is 26.2 Å². The van der Waals surface area contributed by atoms with E-state index in [4.69, 9.17) is 20.7 Å². The van der Waals surface area contributed by atoms with Crippen LogP contribution in [0.4, 0.5) is 5.69 Å². The average molecular weight is 440 g/mol. The van der Waals surface area contributed by atoms with Gasteiger partial charge in [0.05, 0.1) is 19.4 Å². The molecule has 0 aliphatic carbocycles. The van der Waals surface area contributed by atoms with Crippen LogP contribution < -0.4 is 20.2 Å². The Balaban J connectivity index is 1.29. The van der Waals surface area contributed by atoms with Crippen molar-refractivity contribution in [1.82, 2.24) is 9.91 Å². The normalized spacial score (nSPS) is 14.3. The molecule has 3 rings (SSSR count). The lowest BCUT2D eigenvalue weighted by Crippen LogP contribution is -2.46. The fourth-order valence-corrected chi connectivity index (χ4v) is 3.90. The second-order valence-corrected chi connectivity index (χ2v) is 8.23. The van der Waals surface area contributed by atoms with Gasteiger partial charge >= 0.3 is 0 Å². The van der Waals surface area contributed by atoms with E-state index in [1.54, 1.807) is 14.0 Å². The molecule has 32 heavy (non-hydrogen) atoms. The Bertz CT molecular complexity index is 834. The number of nitrogens with one attached hydrogen (secondary N) is 1. The number of unbranched alkanes of at least 4 members (excludes halogenated alkanes) is 1. The molecule has 0 aromatic heterocycles. The number of nitrogens with two attached hydrogens (primary N) is 1. The first-order valence-corrected chi connectivity index (χ1v) is 11.5. The standard InChI is InChI=1S/C25H37N5O2/c1-21(26)30(27)15-13-22-9-11-23(12-10-22)32-20-6-5-14-28-16-18-29(19-17-28)24-7-3-4-8-25(24)31-2/h3-4,7-12,26H,5-6,13-20,27H2,1-2H3. The van der Waals surface area contributed by atoms with Crippen molar-refractivity contribution in [2.24, 2.45) is 5.84 Å². The molecule has 0 atom stereocenters. The molecule has 1 fully saturated rings. The van der Waals surface area contributed by atoms with Crippen LogP contribution >= 0.6 is 0 Å². The maximum absolute atomic E-state index is 7.51. The maximum atomic E-state index is 7.51. The number of rotatable bonds is 11. The second-order valence-electron chi connectivity index (χ2n) is 8.23. The Labute approximate surface area is 192 Å². The maximum Gasteiger partial charge on any atom is 0.142 e. The number of hydrogen-bond acceptors (Lipinski definition) is 6. The summed E-state index contributed by atoms with van der Waals surface area (Å²) in [5.41, 5.74) is 2.39. The molecule has 2 aromatic rings. The minimum atomic E-state index is 0.378. The molecule has 1 aliphatic rings. The summed E-state index contributed by atoms with van der Waals surface area (Å²) in [6, 6.07) is 16.4. The average Bonchev–Trinajstić information content (AvgIpc) is 2.83. The molecule has 1 heterocycles. The van der Waals surface area contributed by atoms with Crippen molar-refractivity contribution < 1.29 is 9.47 Å². The zero-order valence-electron chi connectivity index (χ0n) is 19.4. The van der Waals surface area contributed by atoms with Crippen molar-refractivity contribution in [1.29, 1.82) is 5.41 Å². The molecule has 0 amide bonds. The van der Waals surface area contributed by atoms with Crippen LogP contribution in [-0.4, -0.2) is 68.7 Å². The third-order valence-corrected chi connectivity index (χ3v) is 5.93. The minimum Gasteiger partial charge on any atom is -0.495 e. The smallest absolute Gasteiger partial charge is 0.142 e. The van der Waals surface area contributed by atoms with E-state index in [0.717, 1.165) is 70.1 Å². The lowest BCUT2D eigenvalue weighted by molar-refractivity contribution is 0.238. The lowest BCUT2D eigenvalue weighted by atomic mass is 10.1. The van der Waals surface area contributed by atoms with E-state index in [-0.39, 0.29) is 0 Å². The highest BCUT2D eigenvalue weighted by Crippen LogP contribution is 2.28. The number of benzene rings is 2. The van der Waals surface area contributed by atoms with Gasteiger partial charge < -0.3 is 14.4 Å². The summed E-state index contributed by atoms with van der Waals surface area (Å²) in [5.74, 6) is 8.00. The van der Waals surface area contributed by atoms with E-state index in [1.807, 2.05) is 24.3 Å². The number of hydrogen-bond donors (Lipinski definition) is 2. The van der Waals surface area contributed by atoms with Gasteiger partial charge in [-0.1, -0.05) is 24.3 Å². The molecule has 0 saturated carbocycles. The molecule has 0 radical (unpaired) electrons. The van der Waals surface area contributed by atoms with Gasteiger partial charge in [-0.25, -0.2) is 5.84 Å². The Morgan fingerprint density at radius 1 is 1.03 bits per heavy atom. The van der Waals surface area contributed by atoms with Crippen molar-refractivity contribution in [3.8, 4) is 11.5 Å². The number of anilines is 1. The molecule has 1 saturated heterocycles. The van der Waals surface area contributed by atoms with Gasteiger partial charge in [-0.3, -0.25) is 15.3 Å². The number of amidine groups is 1. The fraction of sp³-hybridized carbons (Fsp3) is 0.480. The zero-order chi connectivity index (χ0) is 22.8. The van der Waals surface area contributed by atoms with Gasteiger partial charge in [-0.15, -0.1) is 0 Å². The summed E-state index contributed by atoms with van der Waals surface area (Å²) < 4.78 is 11.4. The predicted octanol–water partition coefficient (Wildman–Crippen LogP) is 3.39. The Hall–Kier alpha value is -2.77. The first-order chi connectivity index (χ1) is 15.6. The molecule has 0 unspecified atom stereocenters. The Morgan fingerprint density at radius 2 is 1.75 bits per heavy atom. The highest BCUT2D eigenvalue weighted by molar-refractivity contribution is 5.75. The monoisotopic (exact) mass is 439 g/mol. The molecular formula is C25H37N5O2. The van der Waals surface area contributed by atoms with E-state index < -0.39 is 0 Å². The van der Waals surface area contributed by atoms with Gasteiger partial charge in [0.25, 0.3) is 0 Å². The topological polar surface area (TPSA) is 78.1 Å². The lowest BCUT2D eigenvalue weighted by Gasteiger charge is -2.36. The molecule has 0 bridgehead atoms. The van der Waals surface area contributed by atoms with Gasteiger partial charge in [0.15, 0.2) is 0 Å². The van der Waals surface area contributed by atoms with Crippen molar-refractivity contribution in [2.75, 3.05) is 57.9 Å². The molecule has 7 heteroatoms. The first-order valence-electron chi connectivity index (χ1n) is 11.5. The number of methoxy groups -OCH3 is 1. The van der Waals surface area contributed by atoms with E-state index in [9.17, 15) is 0 Å². The van der Waals surface area contributed by atoms with E-state index >= 15 is 0 Å². The first kappa shape index (κ1) is 23.9. The zero-order valence-corrected chi connectivity index (χ0v) is 19.4. The van der Waals surface area contributed by atoms with Crippen molar-refractivity contribution in [3.05, 3.63) is 54.1 Å². The van der Waals surface area contributed by atoms with Crippen molar-refractivity contribution >= 4 is 11.5 Å².